The lowest BCUT2D eigenvalue weighted by Gasteiger charge is -2.32. The van der Waals surface area contributed by atoms with Gasteiger partial charge in [-0.25, -0.2) is 5.43 Å². The number of anilines is 2. The Morgan fingerprint density at radius 3 is 2.01 bits per heavy atom. The molecule has 0 radical (unpaired) electrons. The van der Waals surface area contributed by atoms with E-state index < -0.39 is 23.3 Å². The zero-order valence-electron chi connectivity index (χ0n) is 52.9. The Bertz CT molecular complexity index is 2610. The maximum absolute atomic E-state index is 13.7. The van der Waals surface area contributed by atoms with Gasteiger partial charge in [-0.1, -0.05) is 144 Å². The summed E-state index contributed by atoms with van der Waals surface area (Å²) in [6.07, 6.45) is 4.34. The van der Waals surface area contributed by atoms with Crippen molar-refractivity contribution >= 4 is 64.1 Å². The van der Waals surface area contributed by atoms with Gasteiger partial charge in [-0.05, 0) is 97.2 Å². The summed E-state index contributed by atoms with van der Waals surface area (Å²) in [5.74, 6) is -0.577. The Morgan fingerprint density at radius 1 is 0.798 bits per heavy atom. The monoisotopic (exact) mass is 1170 g/mol. The molecule has 0 saturated carbocycles. The molecular formula is C65H102N10O9. The second-order valence-electron chi connectivity index (χ2n) is 23.4. The number of nitrogens with zero attached hydrogens (tertiary/aromatic N) is 2. The average molecular weight is 1170 g/mol. The maximum Gasteiger partial charge on any atom is 0.308 e. The van der Waals surface area contributed by atoms with Gasteiger partial charge in [0.2, 0.25) is 35.4 Å². The molecule has 6 amide bonds. The number of hydrogen-bond acceptors (Lipinski definition) is 13. The van der Waals surface area contributed by atoms with Crippen LogP contribution in [-0.2, 0) is 51.5 Å². The number of esters is 1. The van der Waals surface area contributed by atoms with E-state index in [9.17, 15) is 38.7 Å². The molecule has 0 aliphatic carbocycles. The minimum absolute atomic E-state index is 0.00295. The Morgan fingerprint density at radius 2 is 1.44 bits per heavy atom. The highest BCUT2D eigenvalue weighted by molar-refractivity contribution is 6.01. The summed E-state index contributed by atoms with van der Waals surface area (Å²) in [6.45, 7) is 31.3. The molecular weight excluding hydrogens is 1060 g/mol. The van der Waals surface area contributed by atoms with E-state index in [1.807, 2.05) is 41.3 Å². The molecule has 1 heterocycles. The van der Waals surface area contributed by atoms with E-state index in [2.05, 4.69) is 105 Å². The summed E-state index contributed by atoms with van der Waals surface area (Å²) >= 11 is 0. The van der Waals surface area contributed by atoms with Crippen LogP contribution < -0.4 is 48.1 Å². The lowest BCUT2D eigenvalue weighted by Crippen LogP contribution is -2.51. The third kappa shape index (κ3) is 26.1. The quantitative estimate of drug-likeness (QED) is 0.0224. The van der Waals surface area contributed by atoms with Gasteiger partial charge < -0.3 is 57.4 Å². The van der Waals surface area contributed by atoms with Gasteiger partial charge in [-0.3, -0.25) is 33.6 Å². The highest BCUT2D eigenvalue weighted by Crippen LogP contribution is 2.36. The third-order valence-corrected chi connectivity index (χ3v) is 14.1. The van der Waals surface area contributed by atoms with Crippen molar-refractivity contribution in [1.29, 1.82) is 0 Å². The van der Waals surface area contributed by atoms with Crippen LogP contribution in [0.25, 0.3) is 11.3 Å². The highest BCUT2D eigenvalue weighted by Gasteiger charge is 2.30. The van der Waals surface area contributed by atoms with E-state index in [0.29, 0.717) is 55.3 Å². The molecule has 2 unspecified atom stereocenters. The fourth-order valence-electron chi connectivity index (χ4n) is 8.60. The molecule has 0 spiro atoms. The van der Waals surface area contributed by atoms with E-state index in [1.165, 1.54) is 0 Å². The molecule has 19 heteroatoms. The van der Waals surface area contributed by atoms with E-state index in [1.54, 1.807) is 77.8 Å². The highest BCUT2D eigenvalue weighted by atomic mass is 16.5. The molecule has 3 aromatic carbocycles. The fraction of sp³-hybridized carbons (Fsp3) is 0.554. The van der Waals surface area contributed by atoms with Gasteiger partial charge in [0.05, 0.1) is 36.2 Å². The van der Waals surface area contributed by atoms with E-state index in [4.69, 9.17) is 10.5 Å². The van der Waals surface area contributed by atoms with Crippen LogP contribution in [0, 0.1) is 29.1 Å². The average Bonchev–Trinajstić information content (AvgIpc) is 1.24. The van der Waals surface area contributed by atoms with Crippen LogP contribution in [0.5, 0.6) is 0 Å². The predicted octanol–water partition coefficient (Wildman–Crippen LogP) is 8.54. The van der Waals surface area contributed by atoms with E-state index >= 15 is 0 Å². The first-order valence-corrected chi connectivity index (χ1v) is 29.8. The van der Waals surface area contributed by atoms with Gasteiger partial charge in [0.1, 0.15) is 12.6 Å². The van der Waals surface area contributed by atoms with Crippen molar-refractivity contribution in [2.24, 2.45) is 34.8 Å². The molecule has 466 valence electrons. The molecule has 0 fully saturated rings. The van der Waals surface area contributed by atoms with Crippen molar-refractivity contribution in [2.45, 2.75) is 167 Å². The first kappa shape index (κ1) is 72.9. The van der Waals surface area contributed by atoms with Crippen LogP contribution >= 0.6 is 0 Å². The second kappa shape index (κ2) is 37.8. The maximum atomic E-state index is 13.7. The first-order valence-electron chi connectivity index (χ1n) is 29.8. The van der Waals surface area contributed by atoms with Gasteiger partial charge >= 0.3 is 5.97 Å². The Hall–Kier alpha value is -7.25. The normalized spacial score (nSPS) is 13.5. The number of allylic oxidation sites excluding steroid dienone is 1. The summed E-state index contributed by atoms with van der Waals surface area (Å²) in [5, 5.41) is 23.0. The zero-order chi connectivity index (χ0) is 63.1. The molecule has 10 N–H and O–H groups in total. The molecule has 3 aromatic rings. The number of hydrogen-bond donors (Lipinski definition) is 9. The summed E-state index contributed by atoms with van der Waals surface area (Å²) < 4.78 is 5.18. The van der Waals surface area contributed by atoms with Crippen LogP contribution in [0.1, 0.15) is 164 Å². The van der Waals surface area contributed by atoms with Gasteiger partial charge in [-0.15, -0.1) is 0 Å². The van der Waals surface area contributed by atoms with Crippen LogP contribution in [-0.4, -0.2) is 103 Å². The molecule has 84 heavy (non-hydrogen) atoms. The van der Waals surface area contributed by atoms with Gasteiger partial charge in [0.15, 0.2) is 0 Å². The summed E-state index contributed by atoms with van der Waals surface area (Å²) in [6, 6.07) is 22.5. The van der Waals surface area contributed by atoms with Crippen molar-refractivity contribution in [3.63, 3.8) is 0 Å². The molecule has 0 saturated heterocycles. The predicted molar refractivity (Wildman–Crippen MR) is 337 cm³/mol. The second-order valence-corrected chi connectivity index (χ2v) is 23.4. The molecule has 1 aliphatic heterocycles. The minimum Gasteiger partial charge on any atom is -0.461 e. The number of aliphatic hydroxyl groups is 1. The molecule has 19 nitrogen and oxygen atoms in total. The summed E-state index contributed by atoms with van der Waals surface area (Å²) in [5.41, 5.74) is 18.9. The smallest absolute Gasteiger partial charge is 0.308 e. The van der Waals surface area contributed by atoms with Crippen molar-refractivity contribution in [1.82, 2.24) is 37.0 Å². The Kier molecular flexibility index (Phi) is 32.8. The minimum atomic E-state index is -0.803. The number of ether oxygens (including phenoxy) is 1. The SMILES string of the molecule is C=C(N)NCCC.CC(C)CCN(C)C(=O)CCCC(=O)NC(C(=O)NCC(=O)Nc1ccc(COC(=O)C(C)C)cc1)C(C)C.CCC(NN/C1=C(\C)c2ccccc2CN(C(=O)CCNC(=O)C(C)(C)CCO)c2ccccc21)C(C)C. The Labute approximate surface area is 501 Å². The largest absolute Gasteiger partial charge is 0.461 e. The standard InChI is InChI=1S/C31H44N4O3.C29H46N4O6.C5H12N2/c1-7-26(21(2)3)33-34-29-22(4)24-13-9-8-12-23(24)20-35(27-15-11-10-14-25(27)29)28(37)16-18-32-30(38)31(5,6)17-19-36;1-19(2)15-16-33(7)26(36)10-8-9-24(34)32-27(20(3)4)28(37)30-17-25(35)31-23-13-11-22(12-14-23)18-39-29(38)21(5)6;1-3-4-7-5(2)6/h8-15,21,26,33-34,36H,7,16-20H2,1-6H3,(H,32,38);11-14,19-21,27H,8-10,15-18H2,1-7H3,(H,30,37)(H,31,35)(H,32,34);7H,2-4,6H2,1H3/b29-22+;;. The van der Waals surface area contributed by atoms with E-state index in [-0.39, 0.29) is 87.0 Å². The Balaban J connectivity index is 0.000000514. The number of carbonyl (C=O) groups excluding carboxylic acids is 7. The molecule has 1 aliphatic rings. The van der Waals surface area contributed by atoms with Crippen molar-refractivity contribution in [3.05, 3.63) is 107 Å². The molecule has 4 rings (SSSR count). The number of nitrogens with one attached hydrogen (secondary N) is 7. The van der Waals surface area contributed by atoms with E-state index in [0.717, 1.165) is 65.0 Å². The van der Waals surface area contributed by atoms with Crippen molar-refractivity contribution < 1.29 is 43.4 Å². The van der Waals surface area contributed by atoms with Crippen LogP contribution in [0.3, 0.4) is 0 Å². The van der Waals surface area contributed by atoms with Crippen molar-refractivity contribution in [2.75, 3.05) is 50.1 Å². The topological polar surface area (TPSA) is 266 Å². The summed E-state index contributed by atoms with van der Waals surface area (Å²) in [7, 11) is 1.77. The molecule has 0 bridgehead atoms. The number of aliphatic hydroxyl groups excluding tert-OH is 1. The zero-order valence-corrected chi connectivity index (χ0v) is 52.9. The van der Waals surface area contributed by atoms with Gasteiger partial charge in [0, 0.05) is 75.3 Å². The fourth-order valence-corrected chi connectivity index (χ4v) is 8.60. The van der Waals surface area contributed by atoms with Crippen LogP contribution in [0.2, 0.25) is 0 Å². The van der Waals surface area contributed by atoms with Crippen LogP contribution in [0.4, 0.5) is 11.4 Å². The van der Waals surface area contributed by atoms with Crippen molar-refractivity contribution in [3.8, 4) is 0 Å². The van der Waals surface area contributed by atoms with Crippen LogP contribution in [0.15, 0.2) is 85.2 Å². The lowest BCUT2D eigenvalue weighted by atomic mass is 9.88. The number of hydrazine groups is 1. The molecule has 2 atom stereocenters. The van der Waals surface area contributed by atoms with Gasteiger partial charge in [0.25, 0.3) is 0 Å². The number of amides is 6. The number of nitrogens with two attached hydrogens (primary N) is 1. The number of fused-ring (bicyclic) bond motifs is 2. The third-order valence-electron chi connectivity index (χ3n) is 14.1. The van der Waals surface area contributed by atoms with Gasteiger partial charge in [-0.2, -0.15) is 0 Å². The number of benzene rings is 3. The number of carbonyl (C=O) groups is 7. The summed E-state index contributed by atoms with van der Waals surface area (Å²) in [4.78, 5) is 91.0. The first-order chi connectivity index (χ1) is 39.7. The number of rotatable bonds is 30. The lowest BCUT2D eigenvalue weighted by molar-refractivity contribution is -0.148. The molecule has 0 aromatic heterocycles. The number of para-hydroxylation sites is 1.